The van der Waals surface area contributed by atoms with Gasteiger partial charge in [0, 0.05) is 23.5 Å². The zero-order chi connectivity index (χ0) is 26.6. The SMILES string of the molecule is CCOCCOc1cccc(C(=O)NC(=S)Nc2ccc(NC(=O)C(C)Oc3ccccc3Cl)cc2)c1. The second-order valence-corrected chi connectivity index (χ2v) is 8.55. The fourth-order valence-electron chi connectivity index (χ4n) is 3.09. The molecule has 1 unspecified atom stereocenters. The van der Waals surface area contributed by atoms with Crippen LogP contribution in [0.2, 0.25) is 5.02 Å². The molecular weight excluding hydrogens is 514 g/mol. The molecule has 0 saturated heterocycles. The van der Waals surface area contributed by atoms with Crippen molar-refractivity contribution in [3.05, 3.63) is 83.4 Å². The molecule has 2 amide bonds. The number of carbonyl (C=O) groups is 2. The summed E-state index contributed by atoms with van der Waals surface area (Å²) in [6.07, 6.45) is -0.755. The van der Waals surface area contributed by atoms with Gasteiger partial charge >= 0.3 is 0 Å². The number of benzene rings is 3. The molecule has 0 radical (unpaired) electrons. The summed E-state index contributed by atoms with van der Waals surface area (Å²) >= 11 is 11.3. The predicted octanol–water partition coefficient (Wildman–Crippen LogP) is 5.29. The lowest BCUT2D eigenvalue weighted by atomic mass is 10.2. The highest BCUT2D eigenvalue weighted by atomic mass is 35.5. The highest BCUT2D eigenvalue weighted by Gasteiger charge is 2.16. The fraction of sp³-hybridized carbons (Fsp3) is 0.222. The quantitative estimate of drug-likeness (QED) is 0.224. The lowest BCUT2D eigenvalue weighted by molar-refractivity contribution is -0.122. The maximum atomic E-state index is 12.6. The maximum absolute atomic E-state index is 12.6. The van der Waals surface area contributed by atoms with Gasteiger partial charge in [-0.2, -0.15) is 0 Å². The van der Waals surface area contributed by atoms with E-state index in [1.807, 2.05) is 6.92 Å². The van der Waals surface area contributed by atoms with Crippen molar-refractivity contribution in [2.45, 2.75) is 20.0 Å². The van der Waals surface area contributed by atoms with Gasteiger partial charge in [0.2, 0.25) is 0 Å². The van der Waals surface area contributed by atoms with E-state index in [1.54, 1.807) is 79.7 Å². The summed E-state index contributed by atoms with van der Waals surface area (Å²) in [7, 11) is 0. The van der Waals surface area contributed by atoms with E-state index >= 15 is 0 Å². The average Bonchev–Trinajstić information content (AvgIpc) is 2.89. The van der Waals surface area contributed by atoms with E-state index in [0.717, 1.165) is 0 Å². The number of thiocarbonyl (C=S) groups is 1. The molecule has 0 aliphatic heterocycles. The van der Waals surface area contributed by atoms with Crippen LogP contribution in [0.5, 0.6) is 11.5 Å². The average molecular weight is 542 g/mol. The molecule has 0 saturated carbocycles. The third-order valence-corrected chi connectivity index (χ3v) is 5.46. The minimum absolute atomic E-state index is 0.131. The maximum Gasteiger partial charge on any atom is 0.265 e. The number of hydrogen-bond donors (Lipinski definition) is 3. The highest BCUT2D eigenvalue weighted by molar-refractivity contribution is 7.80. The number of rotatable bonds is 11. The first-order chi connectivity index (χ1) is 17.9. The molecule has 0 aromatic heterocycles. The summed E-state index contributed by atoms with van der Waals surface area (Å²) in [5, 5.41) is 8.94. The van der Waals surface area contributed by atoms with Crippen LogP contribution in [0.3, 0.4) is 0 Å². The molecule has 0 fully saturated rings. The van der Waals surface area contributed by atoms with Crippen molar-refractivity contribution < 1.29 is 23.8 Å². The molecule has 0 aliphatic rings. The minimum Gasteiger partial charge on any atom is -0.491 e. The summed E-state index contributed by atoms with van der Waals surface area (Å²) in [4.78, 5) is 25.1. The number of nitrogens with one attached hydrogen (secondary N) is 3. The lowest BCUT2D eigenvalue weighted by Crippen LogP contribution is -2.34. The number of para-hydroxylation sites is 1. The number of hydrogen-bond acceptors (Lipinski definition) is 6. The van der Waals surface area contributed by atoms with Crippen LogP contribution in [-0.2, 0) is 9.53 Å². The van der Waals surface area contributed by atoms with Crippen LogP contribution in [-0.4, -0.2) is 42.9 Å². The topological polar surface area (TPSA) is 97.9 Å². The van der Waals surface area contributed by atoms with E-state index < -0.39 is 6.10 Å². The first-order valence-corrected chi connectivity index (χ1v) is 12.4. The summed E-state index contributed by atoms with van der Waals surface area (Å²) in [5.74, 6) is 0.301. The van der Waals surface area contributed by atoms with E-state index in [0.29, 0.717) is 53.3 Å². The van der Waals surface area contributed by atoms with Gasteiger partial charge in [0.05, 0.1) is 11.6 Å². The number of carbonyl (C=O) groups excluding carboxylic acids is 2. The van der Waals surface area contributed by atoms with Crippen LogP contribution < -0.4 is 25.4 Å². The monoisotopic (exact) mass is 541 g/mol. The second-order valence-electron chi connectivity index (χ2n) is 7.74. The standard InChI is InChI=1S/C27H28ClN3O5S/c1-3-34-15-16-35-22-8-6-7-19(17-22)26(33)31-27(37)30-21-13-11-20(12-14-21)29-25(32)18(2)36-24-10-5-4-9-23(24)28/h4-14,17-18H,3,15-16H2,1-2H3,(H,29,32)(H2,30,31,33,37). The summed E-state index contributed by atoms with van der Waals surface area (Å²) in [6, 6.07) is 20.6. The van der Waals surface area contributed by atoms with Gasteiger partial charge in [0.1, 0.15) is 18.1 Å². The molecule has 0 aliphatic carbocycles. The molecule has 3 aromatic rings. The normalized spacial score (nSPS) is 11.2. The van der Waals surface area contributed by atoms with Crippen molar-refractivity contribution in [3.8, 4) is 11.5 Å². The van der Waals surface area contributed by atoms with Crippen LogP contribution in [0.15, 0.2) is 72.8 Å². The van der Waals surface area contributed by atoms with Gasteiger partial charge in [-0.1, -0.05) is 29.8 Å². The molecule has 3 aromatic carbocycles. The van der Waals surface area contributed by atoms with E-state index in [9.17, 15) is 9.59 Å². The van der Waals surface area contributed by atoms with Gasteiger partial charge in [-0.25, -0.2) is 0 Å². The summed E-state index contributed by atoms with van der Waals surface area (Å²) < 4.78 is 16.5. The van der Waals surface area contributed by atoms with Crippen LogP contribution in [0.25, 0.3) is 0 Å². The van der Waals surface area contributed by atoms with Gasteiger partial charge in [-0.3, -0.25) is 14.9 Å². The zero-order valence-corrected chi connectivity index (χ0v) is 22.0. The molecule has 37 heavy (non-hydrogen) atoms. The van der Waals surface area contributed by atoms with Crippen molar-refractivity contribution in [1.29, 1.82) is 0 Å². The number of ether oxygens (including phenoxy) is 3. The molecule has 0 spiro atoms. The second kappa shape index (κ2) is 14.2. The first kappa shape index (κ1) is 27.9. The molecule has 3 rings (SSSR count). The van der Waals surface area contributed by atoms with Gasteiger partial charge < -0.3 is 24.8 Å². The Morgan fingerprint density at radius 2 is 1.65 bits per heavy atom. The van der Waals surface area contributed by atoms with Crippen molar-refractivity contribution in [2.24, 2.45) is 0 Å². The van der Waals surface area contributed by atoms with E-state index in [1.165, 1.54) is 0 Å². The van der Waals surface area contributed by atoms with Gasteiger partial charge in [0.15, 0.2) is 11.2 Å². The molecular formula is C27H28ClN3O5S. The van der Waals surface area contributed by atoms with Crippen LogP contribution in [0.1, 0.15) is 24.2 Å². The summed E-state index contributed by atoms with van der Waals surface area (Å²) in [5.41, 5.74) is 1.61. The molecule has 1 atom stereocenters. The van der Waals surface area contributed by atoms with Gasteiger partial charge in [-0.15, -0.1) is 0 Å². The Kier molecular flexibility index (Phi) is 10.7. The lowest BCUT2D eigenvalue weighted by Gasteiger charge is -2.16. The Labute approximate surface area is 226 Å². The molecule has 194 valence electrons. The van der Waals surface area contributed by atoms with Crippen molar-refractivity contribution in [2.75, 3.05) is 30.5 Å². The van der Waals surface area contributed by atoms with E-state index in [2.05, 4.69) is 16.0 Å². The molecule has 3 N–H and O–H groups in total. The summed E-state index contributed by atoms with van der Waals surface area (Å²) in [6.45, 7) is 5.03. The minimum atomic E-state index is -0.755. The van der Waals surface area contributed by atoms with Crippen LogP contribution in [0, 0.1) is 0 Å². The smallest absolute Gasteiger partial charge is 0.265 e. The van der Waals surface area contributed by atoms with E-state index in [-0.39, 0.29) is 16.9 Å². The third kappa shape index (κ3) is 9.05. The third-order valence-electron chi connectivity index (χ3n) is 4.94. The van der Waals surface area contributed by atoms with Crippen molar-refractivity contribution >= 4 is 52.1 Å². The fourth-order valence-corrected chi connectivity index (χ4v) is 3.48. The Bertz CT molecular complexity index is 1220. The largest absolute Gasteiger partial charge is 0.491 e. The molecule has 10 heteroatoms. The van der Waals surface area contributed by atoms with Gasteiger partial charge in [-0.05, 0) is 80.7 Å². The molecule has 0 bridgehead atoms. The molecule has 0 heterocycles. The van der Waals surface area contributed by atoms with Crippen LogP contribution in [0.4, 0.5) is 11.4 Å². The zero-order valence-electron chi connectivity index (χ0n) is 20.5. The number of anilines is 2. The van der Waals surface area contributed by atoms with Crippen molar-refractivity contribution in [1.82, 2.24) is 5.32 Å². The van der Waals surface area contributed by atoms with Gasteiger partial charge in [0.25, 0.3) is 11.8 Å². The van der Waals surface area contributed by atoms with E-state index in [4.69, 9.17) is 38.0 Å². The van der Waals surface area contributed by atoms with Crippen molar-refractivity contribution in [3.63, 3.8) is 0 Å². The highest BCUT2D eigenvalue weighted by Crippen LogP contribution is 2.24. The first-order valence-electron chi connectivity index (χ1n) is 11.6. The molecule has 8 nitrogen and oxygen atoms in total. The Balaban J connectivity index is 1.48. The predicted molar refractivity (Wildman–Crippen MR) is 149 cm³/mol. The Hall–Kier alpha value is -3.66. The Morgan fingerprint density at radius 3 is 2.35 bits per heavy atom. The Morgan fingerprint density at radius 1 is 0.946 bits per heavy atom. The number of amides is 2. The number of halogens is 1. The van der Waals surface area contributed by atoms with Crippen LogP contribution >= 0.6 is 23.8 Å².